The fourth-order valence-electron chi connectivity index (χ4n) is 6.16. The Labute approximate surface area is 241 Å². The number of fused-ring (bicyclic) bond motifs is 1. The number of aromatic nitrogens is 1. The minimum absolute atomic E-state index is 0.0504. The quantitative estimate of drug-likeness (QED) is 0.520. The topological polar surface area (TPSA) is 113 Å². The van der Waals surface area contributed by atoms with Crippen LogP contribution < -0.4 is 20.7 Å². The van der Waals surface area contributed by atoms with E-state index < -0.39 is 5.91 Å². The molecule has 1 aromatic carbocycles. The van der Waals surface area contributed by atoms with Crippen LogP contribution in [0.25, 0.3) is 0 Å². The van der Waals surface area contributed by atoms with Gasteiger partial charge in [0.05, 0.1) is 25.8 Å². The Kier molecular flexibility index (Phi) is 8.88. The summed E-state index contributed by atoms with van der Waals surface area (Å²) in [5, 5.41) is 3.59. The third-order valence-corrected chi connectivity index (χ3v) is 8.36. The zero-order chi connectivity index (χ0) is 29.3. The van der Waals surface area contributed by atoms with Crippen LogP contribution in [-0.4, -0.2) is 103 Å². The van der Waals surface area contributed by atoms with E-state index in [1.54, 1.807) is 23.1 Å². The number of morpholine rings is 1. The first-order chi connectivity index (χ1) is 19.6. The Bertz CT molecular complexity index is 1250. The first-order valence-electron chi connectivity index (χ1n) is 14.4. The lowest BCUT2D eigenvalue weighted by Gasteiger charge is -2.46. The number of pyridine rings is 1. The van der Waals surface area contributed by atoms with Crippen molar-refractivity contribution < 1.29 is 23.5 Å². The summed E-state index contributed by atoms with van der Waals surface area (Å²) in [4.78, 5) is 37.3. The van der Waals surface area contributed by atoms with Gasteiger partial charge in [-0.2, -0.15) is 0 Å². The molecule has 222 valence electrons. The average molecular weight is 569 g/mol. The van der Waals surface area contributed by atoms with Crippen LogP contribution in [0.5, 0.6) is 5.88 Å². The molecule has 4 heterocycles. The van der Waals surface area contributed by atoms with Crippen LogP contribution in [0.4, 0.5) is 10.1 Å². The van der Waals surface area contributed by atoms with Gasteiger partial charge in [0.1, 0.15) is 23.8 Å². The summed E-state index contributed by atoms with van der Waals surface area (Å²) in [6, 6.07) is 8.65. The van der Waals surface area contributed by atoms with Crippen molar-refractivity contribution in [3.05, 3.63) is 53.0 Å². The number of nitrogens with one attached hydrogen (secondary N) is 1. The molecule has 3 N–H and O–H groups in total. The molecule has 0 aliphatic carbocycles. The number of ether oxygens (including phenoxy) is 2. The van der Waals surface area contributed by atoms with Crippen molar-refractivity contribution in [3.63, 3.8) is 0 Å². The van der Waals surface area contributed by atoms with Gasteiger partial charge in [0.15, 0.2) is 0 Å². The van der Waals surface area contributed by atoms with Gasteiger partial charge in [0.25, 0.3) is 5.91 Å². The largest absolute Gasteiger partial charge is 0.474 e. The fourth-order valence-corrected chi connectivity index (χ4v) is 6.16. The molecular weight excluding hydrogens is 527 g/mol. The molecule has 5 rings (SSSR count). The van der Waals surface area contributed by atoms with Crippen molar-refractivity contribution >= 4 is 17.5 Å². The number of carbonyl (C=O) groups is 2. The van der Waals surface area contributed by atoms with Crippen molar-refractivity contribution in [1.82, 2.24) is 20.1 Å². The lowest BCUT2D eigenvalue weighted by atomic mass is 10.0. The van der Waals surface area contributed by atoms with Gasteiger partial charge in [0.2, 0.25) is 11.8 Å². The van der Waals surface area contributed by atoms with E-state index in [9.17, 15) is 14.0 Å². The summed E-state index contributed by atoms with van der Waals surface area (Å²) in [6.45, 7) is 12.8. The minimum atomic E-state index is -0.686. The van der Waals surface area contributed by atoms with E-state index in [4.69, 9.17) is 15.2 Å². The number of hydrogen-bond acceptors (Lipinski definition) is 8. The third-order valence-electron chi connectivity index (χ3n) is 8.36. The Morgan fingerprint density at radius 3 is 2.46 bits per heavy atom. The first-order valence-corrected chi connectivity index (χ1v) is 14.4. The van der Waals surface area contributed by atoms with Gasteiger partial charge in [-0.1, -0.05) is 12.1 Å². The van der Waals surface area contributed by atoms with Crippen LogP contribution in [-0.2, 0) is 16.0 Å². The summed E-state index contributed by atoms with van der Waals surface area (Å²) < 4.78 is 25.1. The second-order valence-corrected chi connectivity index (χ2v) is 11.7. The highest BCUT2D eigenvalue weighted by Gasteiger charge is 2.37. The smallest absolute Gasteiger partial charge is 0.267 e. The predicted octanol–water partition coefficient (Wildman–Crippen LogP) is 1.80. The summed E-state index contributed by atoms with van der Waals surface area (Å²) in [5.41, 5.74) is 7.63. The van der Waals surface area contributed by atoms with E-state index in [2.05, 4.69) is 40.9 Å². The molecule has 2 aromatic rings. The van der Waals surface area contributed by atoms with E-state index in [0.29, 0.717) is 43.0 Å². The van der Waals surface area contributed by atoms with Crippen LogP contribution in [0.2, 0.25) is 0 Å². The highest BCUT2D eigenvalue weighted by molar-refractivity contribution is 5.98. The Morgan fingerprint density at radius 2 is 1.78 bits per heavy atom. The highest BCUT2D eigenvalue weighted by Crippen LogP contribution is 2.35. The molecule has 11 heteroatoms. The number of nitrogens with zero attached hydrogens (tertiary/aromatic N) is 4. The number of anilines is 1. The lowest BCUT2D eigenvalue weighted by molar-refractivity contribution is -0.122. The van der Waals surface area contributed by atoms with Crippen LogP contribution in [0.3, 0.4) is 0 Å². The zero-order valence-corrected chi connectivity index (χ0v) is 24.3. The highest BCUT2D eigenvalue weighted by atomic mass is 19.1. The molecule has 2 fully saturated rings. The molecule has 3 aliphatic heterocycles. The van der Waals surface area contributed by atoms with Crippen LogP contribution in [0.15, 0.2) is 30.3 Å². The van der Waals surface area contributed by atoms with Crippen molar-refractivity contribution in [2.24, 2.45) is 5.73 Å². The second kappa shape index (κ2) is 12.4. The number of hydrogen-bond donors (Lipinski definition) is 2. The van der Waals surface area contributed by atoms with Gasteiger partial charge in [-0.25, -0.2) is 9.37 Å². The first kappa shape index (κ1) is 29.4. The summed E-state index contributed by atoms with van der Waals surface area (Å²) >= 11 is 0. The fraction of sp³-hybridized carbons (Fsp3) is 0.567. The van der Waals surface area contributed by atoms with Gasteiger partial charge < -0.3 is 25.4 Å². The number of primary amides is 1. The Balaban J connectivity index is 1.40. The van der Waals surface area contributed by atoms with Gasteiger partial charge in [-0.3, -0.25) is 19.4 Å². The standard InChI is InChI=1S/C30H41FN6O4/c1-18-12-35(25(11-33-18)13-36-19(2)15-40-16-20(36)3)14-27(38)37-21(4)17-41-30-26(37)10-23(28(34-30)29(32)39)9-22-5-7-24(31)8-6-22/h5-8,10,18-21,25,33H,9,11-17H2,1-4H3,(H2,32,39)/t18-,19-,20-,21?,25-/m1/s1. The van der Waals surface area contributed by atoms with Crippen LogP contribution in [0, 0.1) is 5.82 Å². The van der Waals surface area contributed by atoms with Crippen molar-refractivity contribution in [2.45, 2.75) is 64.3 Å². The van der Waals surface area contributed by atoms with E-state index in [1.165, 1.54) is 12.1 Å². The SMILES string of the molecule is CC1COc2nc(C(N)=O)c(Cc3ccc(F)cc3)cc2N1C(=O)CN1C[C@@H](C)NC[C@@H]1CN1[C@H](C)COC[C@H]1C. The van der Waals surface area contributed by atoms with Gasteiger partial charge >= 0.3 is 0 Å². The van der Waals surface area contributed by atoms with Crippen LogP contribution >= 0.6 is 0 Å². The monoisotopic (exact) mass is 568 g/mol. The molecule has 0 spiro atoms. The minimum Gasteiger partial charge on any atom is -0.474 e. The molecule has 3 aliphatic rings. The van der Waals surface area contributed by atoms with E-state index in [0.717, 1.165) is 25.2 Å². The summed E-state index contributed by atoms with van der Waals surface area (Å²) in [6.07, 6.45) is 0.308. The van der Waals surface area contributed by atoms with E-state index in [1.807, 2.05) is 6.92 Å². The molecule has 0 radical (unpaired) electrons. The average Bonchev–Trinajstić information content (AvgIpc) is 2.92. The number of benzene rings is 1. The molecule has 5 atom stereocenters. The predicted molar refractivity (Wildman–Crippen MR) is 154 cm³/mol. The number of piperazine rings is 1. The Hall–Kier alpha value is -3.12. The zero-order valence-electron chi connectivity index (χ0n) is 24.3. The number of rotatable bonds is 7. The lowest BCUT2D eigenvalue weighted by Crippen LogP contribution is -2.63. The van der Waals surface area contributed by atoms with Crippen molar-refractivity contribution in [1.29, 1.82) is 0 Å². The molecular formula is C30H41FN6O4. The van der Waals surface area contributed by atoms with E-state index in [-0.39, 0.29) is 54.6 Å². The normalized spacial score (nSPS) is 27.2. The molecule has 10 nitrogen and oxygen atoms in total. The van der Waals surface area contributed by atoms with Crippen LogP contribution in [0.1, 0.15) is 49.3 Å². The Morgan fingerprint density at radius 1 is 1.07 bits per heavy atom. The number of nitrogens with two attached hydrogens (primary N) is 1. The maximum Gasteiger partial charge on any atom is 0.267 e. The molecule has 1 aromatic heterocycles. The maximum absolute atomic E-state index is 14.1. The molecule has 0 bridgehead atoms. The summed E-state index contributed by atoms with van der Waals surface area (Å²) in [7, 11) is 0. The molecule has 2 amide bonds. The van der Waals surface area contributed by atoms with Crippen molar-refractivity contribution in [2.75, 3.05) is 50.9 Å². The number of carbonyl (C=O) groups excluding carboxylic acids is 2. The molecule has 2 saturated heterocycles. The number of amides is 2. The molecule has 41 heavy (non-hydrogen) atoms. The second-order valence-electron chi connectivity index (χ2n) is 11.7. The summed E-state index contributed by atoms with van der Waals surface area (Å²) in [5.74, 6) is -0.862. The van der Waals surface area contributed by atoms with Crippen molar-refractivity contribution in [3.8, 4) is 5.88 Å². The third kappa shape index (κ3) is 6.53. The van der Waals surface area contributed by atoms with Gasteiger partial charge in [-0.05, 0) is 63.4 Å². The van der Waals surface area contributed by atoms with Gasteiger partial charge in [0, 0.05) is 43.8 Å². The molecule has 0 saturated carbocycles. The molecule has 1 unspecified atom stereocenters. The van der Waals surface area contributed by atoms with E-state index >= 15 is 0 Å². The van der Waals surface area contributed by atoms with Gasteiger partial charge in [-0.15, -0.1) is 0 Å². The maximum atomic E-state index is 14.1. The number of halogens is 1.